The number of nitrogens with zero attached hydrogens (tertiary/aromatic N) is 5. The molecule has 2 heterocycles. The molecule has 0 saturated heterocycles. The predicted octanol–water partition coefficient (Wildman–Crippen LogP) is 2.92. The van der Waals surface area contributed by atoms with Crippen molar-refractivity contribution in [2.75, 3.05) is 0 Å². The SMILES string of the molecule is O=c1ccc(-c2ccccc2)nn1Cc1nc(-c2cccc([N+](=O)[O-])c2)no1. The maximum Gasteiger partial charge on any atom is 0.270 e. The lowest BCUT2D eigenvalue weighted by atomic mass is 10.1. The summed E-state index contributed by atoms with van der Waals surface area (Å²) in [6.07, 6.45) is 0. The van der Waals surface area contributed by atoms with E-state index < -0.39 is 4.92 Å². The van der Waals surface area contributed by atoms with Crippen LogP contribution in [0.15, 0.2) is 76.0 Å². The fourth-order valence-electron chi connectivity index (χ4n) is 2.65. The summed E-state index contributed by atoms with van der Waals surface area (Å²) in [5, 5.41) is 19.1. The molecule has 0 spiro atoms. The van der Waals surface area contributed by atoms with E-state index in [2.05, 4.69) is 15.2 Å². The molecule has 0 N–H and O–H groups in total. The van der Waals surface area contributed by atoms with Crippen LogP contribution in [0.1, 0.15) is 5.89 Å². The second kappa shape index (κ2) is 7.23. The van der Waals surface area contributed by atoms with Gasteiger partial charge in [0.25, 0.3) is 11.2 Å². The monoisotopic (exact) mass is 375 g/mol. The van der Waals surface area contributed by atoms with Gasteiger partial charge >= 0.3 is 0 Å². The maximum absolute atomic E-state index is 12.1. The van der Waals surface area contributed by atoms with Crippen LogP contribution < -0.4 is 5.56 Å². The molecule has 0 amide bonds. The number of benzene rings is 2. The minimum absolute atomic E-state index is 0.0125. The van der Waals surface area contributed by atoms with Crippen LogP contribution in [0.2, 0.25) is 0 Å². The van der Waals surface area contributed by atoms with Gasteiger partial charge in [0.1, 0.15) is 6.54 Å². The molecule has 0 radical (unpaired) electrons. The Balaban J connectivity index is 1.62. The van der Waals surface area contributed by atoms with Gasteiger partial charge in [-0.2, -0.15) is 10.1 Å². The molecule has 0 bridgehead atoms. The van der Waals surface area contributed by atoms with Gasteiger partial charge in [-0.15, -0.1) is 0 Å². The molecule has 138 valence electrons. The standard InChI is InChI=1S/C19H13N5O4/c25-18-10-9-16(13-5-2-1-3-6-13)21-23(18)12-17-20-19(22-28-17)14-7-4-8-15(11-14)24(26)27/h1-11H,12H2. The Labute approximate surface area is 158 Å². The Bertz CT molecular complexity index is 1200. The van der Waals surface area contributed by atoms with E-state index in [1.54, 1.807) is 18.2 Å². The minimum Gasteiger partial charge on any atom is -0.337 e. The summed E-state index contributed by atoms with van der Waals surface area (Å²) < 4.78 is 6.42. The van der Waals surface area contributed by atoms with Crippen LogP contribution in [0.5, 0.6) is 0 Å². The first-order valence-electron chi connectivity index (χ1n) is 8.31. The summed E-state index contributed by atoms with van der Waals surface area (Å²) in [5.74, 6) is 0.368. The van der Waals surface area contributed by atoms with E-state index in [9.17, 15) is 14.9 Å². The largest absolute Gasteiger partial charge is 0.337 e. The van der Waals surface area contributed by atoms with Crippen molar-refractivity contribution in [1.82, 2.24) is 19.9 Å². The Hall–Kier alpha value is -4.14. The Kier molecular flexibility index (Phi) is 4.47. The smallest absolute Gasteiger partial charge is 0.270 e. The summed E-state index contributed by atoms with van der Waals surface area (Å²) in [4.78, 5) is 26.8. The molecule has 0 aliphatic carbocycles. The minimum atomic E-state index is -0.497. The first kappa shape index (κ1) is 17.3. The second-order valence-electron chi connectivity index (χ2n) is 5.90. The van der Waals surface area contributed by atoms with Gasteiger partial charge < -0.3 is 4.52 Å². The van der Waals surface area contributed by atoms with E-state index in [1.165, 1.54) is 22.9 Å². The molecule has 0 atom stereocenters. The van der Waals surface area contributed by atoms with Crippen LogP contribution in [-0.4, -0.2) is 24.8 Å². The number of non-ortho nitro benzene ring substituents is 1. The molecule has 9 heteroatoms. The molecule has 0 saturated carbocycles. The second-order valence-corrected chi connectivity index (χ2v) is 5.90. The van der Waals surface area contributed by atoms with E-state index in [0.29, 0.717) is 11.3 Å². The predicted molar refractivity (Wildman–Crippen MR) is 99.4 cm³/mol. The third kappa shape index (κ3) is 3.54. The van der Waals surface area contributed by atoms with Crippen LogP contribution in [0.25, 0.3) is 22.6 Å². The molecular formula is C19H13N5O4. The first-order valence-corrected chi connectivity index (χ1v) is 8.31. The number of nitro groups is 1. The highest BCUT2D eigenvalue weighted by molar-refractivity contribution is 5.59. The summed E-state index contributed by atoms with van der Waals surface area (Å²) >= 11 is 0. The summed E-state index contributed by atoms with van der Waals surface area (Å²) in [6, 6.07) is 18.4. The zero-order valence-electron chi connectivity index (χ0n) is 14.4. The van der Waals surface area contributed by atoms with Crippen LogP contribution >= 0.6 is 0 Å². The van der Waals surface area contributed by atoms with Crippen molar-refractivity contribution in [3.05, 3.63) is 93.1 Å². The third-order valence-corrected chi connectivity index (χ3v) is 4.00. The highest BCUT2D eigenvalue weighted by Crippen LogP contribution is 2.21. The van der Waals surface area contributed by atoms with Gasteiger partial charge in [-0.1, -0.05) is 47.6 Å². The first-order chi connectivity index (χ1) is 13.6. The molecule has 0 aliphatic heterocycles. The Morgan fingerprint density at radius 2 is 1.79 bits per heavy atom. The zero-order chi connectivity index (χ0) is 19.5. The maximum atomic E-state index is 12.1. The van der Waals surface area contributed by atoms with E-state index in [-0.39, 0.29) is 29.5 Å². The number of aromatic nitrogens is 4. The summed E-state index contributed by atoms with van der Waals surface area (Å²) in [7, 11) is 0. The highest BCUT2D eigenvalue weighted by atomic mass is 16.6. The molecule has 2 aromatic heterocycles. The van der Waals surface area contributed by atoms with Crippen LogP contribution in [0.3, 0.4) is 0 Å². The number of hydrogen-bond donors (Lipinski definition) is 0. The lowest BCUT2D eigenvalue weighted by Crippen LogP contribution is -2.23. The Morgan fingerprint density at radius 3 is 2.57 bits per heavy atom. The fraction of sp³-hybridized carbons (Fsp3) is 0.0526. The van der Waals surface area contributed by atoms with Crippen molar-refractivity contribution in [3.8, 4) is 22.6 Å². The van der Waals surface area contributed by atoms with E-state index in [1.807, 2.05) is 30.3 Å². The van der Waals surface area contributed by atoms with Crippen molar-refractivity contribution in [1.29, 1.82) is 0 Å². The zero-order valence-corrected chi connectivity index (χ0v) is 14.4. The van der Waals surface area contributed by atoms with Crippen molar-refractivity contribution in [2.45, 2.75) is 6.54 Å². The number of nitro benzene ring substituents is 1. The summed E-state index contributed by atoms with van der Waals surface area (Å²) in [5.41, 5.74) is 1.58. The highest BCUT2D eigenvalue weighted by Gasteiger charge is 2.14. The lowest BCUT2D eigenvalue weighted by Gasteiger charge is -2.04. The summed E-state index contributed by atoms with van der Waals surface area (Å²) in [6.45, 7) is -0.0125. The van der Waals surface area contributed by atoms with Gasteiger partial charge in [0.15, 0.2) is 0 Å². The average Bonchev–Trinajstić information content (AvgIpc) is 3.19. The van der Waals surface area contributed by atoms with Gasteiger partial charge in [0.05, 0.1) is 10.6 Å². The topological polar surface area (TPSA) is 117 Å². The normalized spacial score (nSPS) is 10.7. The molecule has 28 heavy (non-hydrogen) atoms. The van der Waals surface area contributed by atoms with Gasteiger partial charge in [-0.25, -0.2) is 4.68 Å². The fourth-order valence-corrected chi connectivity index (χ4v) is 2.65. The van der Waals surface area contributed by atoms with Crippen LogP contribution in [-0.2, 0) is 6.54 Å². The van der Waals surface area contributed by atoms with E-state index in [4.69, 9.17) is 4.52 Å². The van der Waals surface area contributed by atoms with Crippen molar-refractivity contribution >= 4 is 5.69 Å². The molecular weight excluding hydrogens is 362 g/mol. The van der Waals surface area contributed by atoms with Crippen molar-refractivity contribution in [2.24, 2.45) is 0 Å². The van der Waals surface area contributed by atoms with Gasteiger partial charge in [-0.05, 0) is 6.07 Å². The molecule has 9 nitrogen and oxygen atoms in total. The van der Waals surface area contributed by atoms with Crippen molar-refractivity contribution in [3.63, 3.8) is 0 Å². The van der Waals surface area contributed by atoms with Crippen LogP contribution in [0, 0.1) is 10.1 Å². The number of hydrogen-bond acceptors (Lipinski definition) is 7. The van der Waals surface area contributed by atoms with E-state index in [0.717, 1.165) is 5.56 Å². The number of rotatable bonds is 5. The quantitative estimate of drug-likeness (QED) is 0.389. The average molecular weight is 375 g/mol. The van der Waals surface area contributed by atoms with Crippen LogP contribution in [0.4, 0.5) is 5.69 Å². The third-order valence-electron chi connectivity index (χ3n) is 4.00. The molecule has 4 aromatic rings. The molecule has 2 aromatic carbocycles. The van der Waals surface area contributed by atoms with E-state index >= 15 is 0 Å². The molecule has 0 unspecified atom stereocenters. The van der Waals surface area contributed by atoms with Crippen molar-refractivity contribution < 1.29 is 9.45 Å². The van der Waals surface area contributed by atoms with Gasteiger partial charge in [0, 0.05) is 29.3 Å². The molecule has 0 aliphatic rings. The lowest BCUT2D eigenvalue weighted by molar-refractivity contribution is -0.384. The van der Waals surface area contributed by atoms with Gasteiger partial charge in [0.2, 0.25) is 11.7 Å². The molecule has 0 fully saturated rings. The molecule has 4 rings (SSSR count). The Morgan fingerprint density at radius 1 is 1.00 bits per heavy atom. The van der Waals surface area contributed by atoms with Gasteiger partial charge in [-0.3, -0.25) is 14.9 Å².